The number of benzene rings is 1. The van der Waals surface area contributed by atoms with Crippen LogP contribution in [0.15, 0.2) is 36.5 Å². The van der Waals surface area contributed by atoms with Gasteiger partial charge < -0.3 is 4.90 Å². The third-order valence-corrected chi connectivity index (χ3v) is 8.01. The molecule has 3 aromatic rings. The number of aromatic nitrogens is 4. The molecule has 1 amide bonds. The highest BCUT2D eigenvalue weighted by molar-refractivity contribution is 5.95. The molecule has 1 aromatic carbocycles. The first-order chi connectivity index (χ1) is 15.1. The first-order valence-electron chi connectivity index (χ1n) is 11.6. The van der Waals surface area contributed by atoms with Gasteiger partial charge in [-0.25, -0.2) is 0 Å². The number of rotatable bonds is 4. The highest BCUT2D eigenvalue weighted by atomic mass is 16.2. The van der Waals surface area contributed by atoms with Gasteiger partial charge in [0.1, 0.15) is 0 Å². The molecule has 4 saturated carbocycles. The van der Waals surface area contributed by atoms with Crippen LogP contribution in [0.3, 0.4) is 0 Å². The Morgan fingerprint density at radius 3 is 2.58 bits per heavy atom. The quantitative estimate of drug-likeness (QED) is 0.652. The van der Waals surface area contributed by atoms with E-state index in [1.807, 2.05) is 16.6 Å². The lowest BCUT2D eigenvalue weighted by molar-refractivity contribution is -0.0967. The van der Waals surface area contributed by atoms with Crippen molar-refractivity contribution in [3.8, 4) is 11.3 Å². The fraction of sp³-hybridized carbons (Fsp3) is 0.480. The first kappa shape index (κ1) is 17.8. The molecule has 0 radical (unpaired) electrons. The van der Waals surface area contributed by atoms with Gasteiger partial charge in [0.05, 0.1) is 40.9 Å². The molecule has 3 heterocycles. The van der Waals surface area contributed by atoms with E-state index in [2.05, 4.69) is 40.1 Å². The van der Waals surface area contributed by atoms with Gasteiger partial charge in [-0.2, -0.15) is 10.2 Å². The summed E-state index contributed by atoms with van der Waals surface area (Å²) in [5.74, 6) is 1.51. The summed E-state index contributed by atoms with van der Waals surface area (Å²) in [6, 6.07) is 10.7. The number of nitrogens with zero attached hydrogens (tertiary/aromatic N) is 5. The molecular weight excluding hydrogens is 386 g/mol. The lowest BCUT2D eigenvalue weighted by Gasteiger charge is -2.61. The van der Waals surface area contributed by atoms with Crippen LogP contribution in [0.1, 0.15) is 65.3 Å². The summed E-state index contributed by atoms with van der Waals surface area (Å²) >= 11 is 0. The van der Waals surface area contributed by atoms with Crippen LogP contribution in [0.2, 0.25) is 0 Å². The zero-order chi connectivity index (χ0) is 20.7. The van der Waals surface area contributed by atoms with Gasteiger partial charge in [0, 0.05) is 30.6 Å². The molecule has 4 aliphatic carbocycles. The maximum absolute atomic E-state index is 13.4. The monoisotopic (exact) mass is 413 g/mol. The summed E-state index contributed by atoms with van der Waals surface area (Å²) in [5.41, 5.74) is 7.10. The summed E-state index contributed by atoms with van der Waals surface area (Å²) in [6.45, 7) is 1.34. The molecule has 2 bridgehead atoms. The molecule has 2 aromatic heterocycles. The molecule has 0 atom stereocenters. The van der Waals surface area contributed by atoms with E-state index in [1.165, 1.54) is 36.1 Å². The predicted molar refractivity (Wildman–Crippen MR) is 117 cm³/mol. The van der Waals surface area contributed by atoms with Crippen LogP contribution >= 0.6 is 0 Å². The van der Waals surface area contributed by atoms with Crippen LogP contribution in [0.5, 0.6) is 0 Å². The molecule has 0 spiro atoms. The van der Waals surface area contributed by atoms with Gasteiger partial charge in [0.15, 0.2) is 0 Å². The Hall–Kier alpha value is -2.89. The zero-order valence-corrected chi connectivity index (χ0v) is 17.9. The van der Waals surface area contributed by atoms with Crippen LogP contribution < -0.4 is 0 Å². The van der Waals surface area contributed by atoms with Crippen molar-refractivity contribution < 1.29 is 4.79 Å². The Morgan fingerprint density at radius 1 is 1.13 bits per heavy atom. The van der Waals surface area contributed by atoms with Crippen LogP contribution in [0, 0.1) is 5.92 Å². The number of hydrogen-bond donors (Lipinski definition) is 0. The molecular formula is C25H27N5O. The fourth-order valence-corrected chi connectivity index (χ4v) is 6.12. The zero-order valence-electron chi connectivity index (χ0n) is 17.9. The second kappa shape index (κ2) is 6.09. The van der Waals surface area contributed by atoms with Crippen molar-refractivity contribution in [3.63, 3.8) is 0 Å². The van der Waals surface area contributed by atoms with Crippen molar-refractivity contribution in [3.05, 3.63) is 59.0 Å². The number of aryl methyl sites for hydroxylation is 1. The maximum Gasteiger partial charge on any atom is 0.257 e. The van der Waals surface area contributed by atoms with Crippen molar-refractivity contribution >= 4 is 5.91 Å². The van der Waals surface area contributed by atoms with E-state index in [4.69, 9.17) is 5.10 Å². The molecule has 31 heavy (non-hydrogen) atoms. The second-order valence-electron chi connectivity index (χ2n) is 10.1. The lowest BCUT2D eigenvalue weighted by Crippen LogP contribution is -2.59. The first-order valence-corrected chi connectivity index (χ1v) is 11.6. The average Bonchev–Trinajstić information content (AvgIpc) is 3.38. The highest BCUT2D eigenvalue weighted by Gasteiger charge is 2.59. The molecule has 0 saturated heterocycles. The minimum atomic E-state index is 0.113. The molecule has 1 aliphatic heterocycles. The fourth-order valence-electron chi connectivity index (χ4n) is 6.12. The van der Waals surface area contributed by atoms with Crippen LogP contribution in [0.4, 0.5) is 0 Å². The van der Waals surface area contributed by atoms with E-state index in [-0.39, 0.29) is 11.4 Å². The molecule has 6 nitrogen and oxygen atoms in total. The summed E-state index contributed by atoms with van der Waals surface area (Å²) < 4.78 is 4.24. The smallest absolute Gasteiger partial charge is 0.257 e. The number of carbonyl (C=O) groups is 1. The Balaban J connectivity index is 1.26. The molecule has 6 heteroatoms. The largest absolute Gasteiger partial charge is 0.332 e. The van der Waals surface area contributed by atoms with E-state index in [9.17, 15) is 4.79 Å². The van der Waals surface area contributed by atoms with Crippen LogP contribution in [-0.4, -0.2) is 36.9 Å². The Morgan fingerprint density at radius 2 is 1.90 bits per heavy atom. The van der Waals surface area contributed by atoms with Gasteiger partial charge in [0.2, 0.25) is 0 Å². The van der Waals surface area contributed by atoms with E-state index in [0.717, 1.165) is 48.7 Å². The standard InChI is InChI=1S/C25H27N5O/c1-28-22(18-7-8-18)20(14-26-28)24(31)29-10-9-19-21(15-29)27-30(25-11-16(12-25)13-25)23(19)17-5-3-2-4-6-17/h2-6,14,16,18H,7-13,15H2,1H3. The summed E-state index contributed by atoms with van der Waals surface area (Å²) in [7, 11) is 1.95. The number of hydrogen-bond acceptors (Lipinski definition) is 3. The summed E-state index contributed by atoms with van der Waals surface area (Å²) in [5, 5.41) is 9.56. The van der Waals surface area contributed by atoms with Crippen LogP contribution in [-0.2, 0) is 25.6 Å². The third-order valence-electron chi connectivity index (χ3n) is 8.01. The minimum absolute atomic E-state index is 0.113. The average molecular weight is 414 g/mol. The Labute approximate surface area is 181 Å². The van der Waals surface area contributed by atoms with E-state index >= 15 is 0 Å². The molecule has 4 fully saturated rings. The topological polar surface area (TPSA) is 56.0 Å². The van der Waals surface area contributed by atoms with Crippen molar-refractivity contribution in [1.82, 2.24) is 24.5 Å². The SMILES string of the molecule is Cn1ncc(C(=O)N2CCc3c(nn(C45CC(C4)C5)c3-c3ccccc3)C2)c1C1CC1. The van der Waals surface area contributed by atoms with Gasteiger partial charge in [-0.3, -0.25) is 14.2 Å². The second-order valence-corrected chi connectivity index (χ2v) is 10.1. The maximum atomic E-state index is 13.4. The number of fused-ring (bicyclic) bond motifs is 1. The normalized spacial score (nSPS) is 26.2. The predicted octanol–water partition coefficient (Wildman–Crippen LogP) is 3.87. The van der Waals surface area contributed by atoms with Gasteiger partial charge >= 0.3 is 0 Å². The summed E-state index contributed by atoms with van der Waals surface area (Å²) in [6.07, 6.45) is 8.74. The van der Waals surface area contributed by atoms with Gasteiger partial charge in [-0.1, -0.05) is 30.3 Å². The number of carbonyl (C=O) groups excluding carboxylic acids is 1. The molecule has 8 rings (SSSR count). The Bertz CT molecular complexity index is 1190. The van der Waals surface area contributed by atoms with Crippen molar-refractivity contribution in [2.45, 2.75) is 56.5 Å². The molecule has 0 N–H and O–H groups in total. The summed E-state index contributed by atoms with van der Waals surface area (Å²) in [4.78, 5) is 15.4. The Kier molecular flexibility index (Phi) is 3.49. The van der Waals surface area contributed by atoms with Crippen molar-refractivity contribution in [2.24, 2.45) is 13.0 Å². The van der Waals surface area contributed by atoms with Crippen molar-refractivity contribution in [2.75, 3.05) is 6.54 Å². The minimum Gasteiger partial charge on any atom is -0.332 e. The number of amides is 1. The van der Waals surface area contributed by atoms with E-state index in [0.29, 0.717) is 12.5 Å². The molecule has 158 valence electrons. The van der Waals surface area contributed by atoms with Crippen LogP contribution in [0.25, 0.3) is 11.3 Å². The van der Waals surface area contributed by atoms with Gasteiger partial charge in [0.25, 0.3) is 5.91 Å². The highest BCUT2D eigenvalue weighted by Crippen LogP contribution is 2.63. The molecule has 0 unspecified atom stereocenters. The lowest BCUT2D eigenvalue weighted by atomic mass is 9.50. The third kappa shape index (κ3) is 2.47. The van der Waals surface area contributed by atoms with Gasteiger partial charge in [-0.15, -0.1) is 0 Å². The van der Waals surface area contributed by atoms with Crippen molar-refractivity contribution in [1.29, 1.82) is 0 Å². The molecule has 5 aliphatic rings. The van der Waals surface area contributed by atoms with E-state index < -0.39 is 0 Å². The van der Waals surface area contributed by atoms with E-state index in [1.54, 1.807) is 6.20 Å². The van der Waals surface area contributed by atoms with Gasteiger partial charge in [-0.05, 0) is 44.4 Å².